The van der Waals surface area contributed by atoms with Gasteiger partial charge in [0.25, 0.3) is 0 Å². The van der Waals surface area contributed by atoms with Crippen molar-refractivity contribution in [2.45, 2.75) is 31.6 Å². The molecule has 2 heterocycles. The lowest BCUT2D eigenvalue weighted by Gasteiger charge is -2.11. The number of carboxylic acids is 1. The molecule has 0 aliphatic carbocycles. The highest BCUT2D eigenvalue weighted by Crippen LogP contribution is 2.20. The van der Waals surface area contributed by atoms with Gasteiger partial charge in [-0.3, -0.25) is 0 Å². The first-order valence-corrected chi connectivity index (χ1v) is 4.59. The number of carbonyl (C=O) groups is 1. The van der Waals surface area contributed by atoms with Crippen LogP contribution in [0, 0.1) is 0 Å². The molecule has 1 aliphatic rings. The number of carboxylic acid groups (broad SMARTS) is 1. The summed E-state index contributed by atoms with van der Waals surface area (Å²) in [5, 5.41) is 8.71. The third kappa shape index (κ3) is 2.94. The Morgan fingerprint density at radius 1 is 1.60 bits per heavy atom. The average Bonchev–Trinajstić information content (AvgIpc) is 2.75. The number of aromatic nitrogens is 2. The molecule has 0 radical (unpaired) electrons. The summed E-state index contributed by atoms with van der Waals surface area (Å²) in [6.45, 7) is 0.684. The second-order valence-corrected chi connectivity index (χ2v) is 3.42. The number of imidazole rings is 1. The van der Waals surface area contributed by atoms with Gasteiger partial charge in [-0.25, -0.2) is 9.78 Å². The minimum absolute atomic E-state index is 0. The Balaban J connectivity index is 0.00000112. The number of nitrogens with zero attached hydrogens (tertiary/aromatic N) is 2. The smallest absolute Gasteiger partial charge is 0.332 e. The Morgan fingerprint density at radius 2 is 2.40 bits per heavy atom. The highest BCUT2D eigenvalue weighted by atomic mass is 35.5. The molecule has 1 aliphatic heterocycles. The van der Waals surface area contributed by atoms with Crippen LogP contribution in [-0.4, -0.2) is 32.8 Å². The molecule has 2 atom stereocenters. The summed E-state index contributed by atoms with van der Waals surface area (Å²) in [6, 6.07) is 0. The van der Waals surface area contributed by atoms with Crippen LogP contribution in [-0.2, 0) is 16.1 Å². The van der Waals surface area contributed by atoms with Crippen molar-refractivity contribution in [3.05, 3.63) is 18.7 Å². The predicted molar refractivity (Wildman–Crippen MR) is 55.0 cm³/mol. The first-order valence-electron chi connectivity index (χ1n) is 4.59. The van der Waals surface area contributed by atoms with E-state index < -0.39 is 12.1 Å². The first-order chi connectivity index (χ1) is 6.75. The van der Waals surface area contributed by atoms with Gasteiger partial charge in [0.1, 0.15) is 0 Å². The van der Waals surface area contributed by atoms with Crippen molar-refractivity contribution in [2.75, 3.05) is 0 Å². The van der Waals surface area contributed by atoms with E-state index in [1.54, 1.807) is 12.5 Å². The zero-order valence-corrected chi connectivity index (χ0v) is 8.89. The maximum atomic E-state index is 10.6. The van der Waals surface area contributed by atoms with E-state index in [9.17, 15) is 4.79 Å². The zero-order chi connectivity index (χ0) is 9.97. The molecule has 0 saturated carbocycles. The molecule has 0 spiro atoms. The van der Waals surface area contributed by atoms with Crippen LogP contribution in [0.4, 0.5) is 0 Å². The Bertz CT molecular complexity index is 315. The van der Waals surface area contributed by atoms with Crippen LogP contribution in [0.5, 0.6) is 0 Å². The molecule has 0 bridgehead atoms. The highest BCUT2D eigenvalue weighted by Gasteiger charge is 2.30. The SMILES string of the molecule is Cl.O=C(O)[C@H]1CC[C@@H](Cn2ccnc2)O1. The monoisotopic (exact) mass is 232 g/mol. The number of hydrogen-bond acceptors (Lipinski definition) is 3. The van der Waals surface area contributed by atoms with E-state index in [1.165, 1.54) is 0 Å². The van der Waals surface area contributed by atoms with Crippen LogP contribution in [0.3, 0.4) is 0 Å². The summed E-state index contributed by atoms with van der Waals surface area (Å²) in [5.74, 6) is -0.863. The van der Waals surface area contributed by atoms with E-state index >= 15 is 0 Å². The van der Waals surface area contributed by atoms with Crippen LogP contribution in [0.25, 0.3) is 0 Å². The Hall–Kier alpha value is -1.07. The fourth-order valence-electron chi connectivity index (χ4n) is 1.65. The largest absolute Gasteiger partial charge is 0.479 e. The quantitative estimate of drug-likeness (QED) is 0.842. The van der Waals surface area contributed by atoms with Crippen molar-refractivity contribution in [1.29, 1.82) is 0 Å². The van der Waals surface area contributed by atoms with E-state index in [4.69, 9.17) is 9.84 Å². The van der Waals surface area contributed by atoms with Gasteiger partial charge in [-0.2, -0.15) is 0 Å². The van der Waals surface area contributed by atoms with Gasteiger partial charge in [-0.1, -0.05) is 0 Å². The summed E-state index contributed by atoms with van der Waals surface area (Å²) in [6.07, 6.45) is 6.04. The molecule has 1 aromatic rings. The number of ether oxygens (including phenoxy) is 1. The van der Waals surface area contributed by atoms with Gasteiger partial charge in [0.2, 0.25) is 0 Å². The number of aliphatic carboxylic acids is 1. The maximum absolute atomic E-state index is 10.6. The van der Waals surface area contributed by atoms with E-state index in [1.807, 2.05) is 10.8 Å². The molecule has 6 heteroatoms. The van der Waals surface area contributed by atoms with Crippen molar-refractivity contribution in [3.8, 4) is 0 Å². The molecule has 1 N–H and O–H groups in total. The average molecular weight is 233 g/mol. The highest BCUT2D eigenvalue weighted by molar-refractivity contribution is 5.85. The standard InChI is InChI=1S/C9H12N2O3.ClH/c12-9(13)8-2-1-7(14-8)5-11-4-3-10-6-11;/h3-4,6-8H,1-2,5H2,(H,12,13);1H/t7-,8+;/m0./s1. The first kappa shape index (κ1) is 12.0. The fourth-order valence-corrected chi connectivity index (χ4v) is 1.65. The summed E-state index contributed by atoms with van der Waals surface area (Å²) in [5.41, 5.74) is 0. The third-order valence-corrected chi connectivity index (χ3v) is 2.36. The zero-order valence-electron chi connectivity index (χ0n) is 8.07. The van der Waals surface area contributed by atoms with Crippen molar-refractivity contribution in [1.82, 2.24) is 9.55 Å². The maximum Gasteiger partial charge on any atom is 0.332 e. The van der Waals surface area contributed by atoms with Crippen LogP contribution in [0.1, 0.15) is 12.8 Å². The third-order valence-electron chi connectivity index (χ3n) is 2.36. The molecule has 84 valence electrons. The van der Waals surface area contributed by atoms with Crippen LogP contribution < -0.4 is 0 Å². The Morgan fingerprint density at radius 3 is 2.93 bits per heavy atom. The molecule has 2 rings (SSSR count). The van der Waals surface area contributed by atoms with Crippen molar-refractivity contribution >= 4 is 18.4 Å². The second kappa shape index (κ2) is 5.14. The van der Waals surface area contributed by atoms with Crippen LogP contribution in [0.2, 0.25) is 0 Å². The van der Waals surface area contributed by atoms with Crippen LogP contribution >= 0.6 is 12.4 Å². The molecule has 0 aromatic carbocycles. The van der Waals surface area contributed by atoms with Gasteiger partial charge in [0.15, 0.2) is 6.10 Å². The minimum Gasteiger partial charge on any atom is -0.479 e. The summed E-state index contributed by atoms with van der Waals surface area (Å²) < 4.78 is 7.25. The number of halogens is 1. The van der Waals surface area contributed by atoms with Crippen LogP contribution in [0.15, 0.2) is 18.7 Å². The van der Waals surface area contributed by atoms with E-state index in [0.717, 1.165) is 6.42 Å². The van der Waals surface area contributed by atoms with Gasteiger partial charge in [0.05, 0.1) is 12.4 Å². The normalized spacial score (nSPS) is 24.8. The Labute approximate surface area is 93.5 Å². The lowest BCUT2D eigenvalue weighted by Crippen LogP contribution is -2.22. The molecule has 15 heavy (non-hydrogen) atoms. The van der Waals surface area contributed by atoms with Gasteiger partial charge in [0, 0.05) is 18.9 Å². The molecule has 0 unspecified atom stereocenters. The molecule has 1 saturated heterocycles. The lowest BCUT2D eigenvalue weighted by molar-refractivity contribution is -0.149. The lowest BCUT2D eigenvalue weighted by atomic mass is 10.2. The summed E-state index contributed by atoms with van der Waals surface area (Å²) in [7, 11) is 0. The number of hydrogen-bond donors (Lipinski definition) is 1. The molecule has 1 fully saturated rings. The van der Waals surface area contributed by atoms with E-state index in [-0.39, 0.29) is 18.5 Å². The molecule has 5 nitrogen and oxygen atoms in total. The van der Waals surface area contributed by atoms with Gasteiger partial charge in [-0.05, 0) is 12.8 Å². The van der Waals surface area contributed by atoms with E-state index in [2.05, 4.69) is 4.98 Å². The second-order valence-electron chi connectivity index (χ2n) is 3.42. The van der Waals surface area contributed by atoms with Crippen molar-refractivity contribution < 1.29 is 14.6 Å². The molecule has 0 amide bonds. The van der Waals surface area contributed by atoms with E-state index in [0.29, 0.717) is 13.0 Å². The van der Waals surface area contributed by atoms with Gasteiger partial charge < -0.3 is 14.4 Å². The molecular weight excluding hydrogens is 220 g/mol. The molecular formula is C9H13ClN2O3. The number of rotatable bonds is 3. The minimum atomic E-state index is -0.863. The summed E-state index contributed by atoms with van der Waals surface area (Å²) in [4.78, 5) is 14.5. The topological polar surface area (TPSA) is 64.3 Å². The summed E-state index contributed by atoms with van der Waals surface area (Å²) >= 11 is 0. The predicted octanol–water partition coefficient (Wildman–Crippen LogP) is 0.937. The fraction of sp³-hybridized carbons (Fsp3) is 0.556. The molecule has 1 aromatic heterocycles. The Kier molecular flexibility index (Phi) is 4.11. The van der Waals surface area contributed by atoms with Gasteiger partial charge in [-0.15, -0.1) is 12.4 Å². The van der Waals surface area contributed by atoms with Crippen molar-refractivity contribution in [2.24, 2.45) is 0 Å². The van der Waals surface area contributed by atoms with Gasteiger partial charge >= 0.3 is 5.97 Å². The van der Waals surface area contributed by atoms with Crippen molar-refractivity contribution in [3.63, 3.8) is 0 Å².